The number of nitrogen functional groups attached to an aromatic ring is 1. The van der Waals surface area contributed by atoms with Crippen LogP contribution in [0.1, 0.15) is 5.56 Å². The van der Waals surface area contributed by atoms with Gasteiger partial charge in [-0.1, -0.05) is 18.2 Å². The van der Waals surface area contributed by atoms with Crippen molar-refractivity contribution in [2.45, 2.75) is 0 Å². The minimum atomic E-state index is 0.692. The van der Waals surface area contributed by atoms with Crippen LogP contribution in [-0.2, 0) is 0 Å². The highest BCUT2D eigenvalue weighted by Gasteiger charge is 1.89. The summed E-state index contributed by atoms with van der Waals surface area (Å²) >= 11 is 0. The molecule has 0 radical (unpaired) electrons. The predicted octanol–water partition coefficient (Wildman–Crippen LogP) is 2.66. The van der Waals surface area contributed by atoms with E-state index in [4.69, 9.17) is 10.5 Å². The summed E-state index contributed by atoms with van der Waals surface area (Å²) in [5.74, 6) is 3.60. The number of hydrogen-bond acceptors (Lipinski definition) is 2. The average molecular weight is 209 g/mol. The molecule has 78 valence electrons. The molecule has 0 saturated heterocycles. The molecule has 0 bridgehead atoms. The van der Waals surface area contributed by atoms with Gasteiger partial charge in [0.05, 0.1) is 0 Å². The summed E-state index contributed by atoms with van der Waals surface area (Å²) in [4.78, 5) is 0. The van der Waals surface area contributed by atoms with Crippen LogP contribution in [0.4, 0.5) is 5.69 Å². The van der Waals surface area contributed by atoms with E-state index in [1.165, 1.54) is 0 Å². The molecule has 0 aliphatic carbocycles. The molecule has 0 aromatic heterocycles. The Morgan fingerprint density at radius 3 is 2.25 bits per heavy atom. The lowest BCUT2D eigenvalue weighted by Gasteiger charge is -1.96. The lowest BCUT2D eigenvalue weighted by molar-refractivity contribution is 0.520. The van der Waals surface area contributed by atoms with Gasteiger partial charge in [0.15, 0.2) is 0 Å². The Morgan fingerprint density at radius 2 is 1.56 bits per heavy atom. The van der Waals surface area contributed by atoms with Crippen molar-refractivity contribution in [1.82, 2.24) is 0 Å². The summed E-state index contributed by atoms with van der Waals surface area (Å²) in [5.41, 5.74) is 7.19. The predicted molar refractivity (Wildman–Crippen MR) is 64.8 cm³/mol. The maximum absolute atomic E-state index is 5.55. The smallest absolute Gasteiger partial charge is 0.140 e. The molecular formula is C14H11NO. The molecule has 16 heavy (non-hydrogen) atoms. The lowest BCUT2D eigenvalue weighted by atomic mass is 10.2. The third-order valence-corrected chi connectivity index (χ3v) is 2.02. The van der Waals surface area contributed by atoms with E-state index in [1.807, 2.05) is 30.3 Å². The molecule has 2 aromatic carbocycles. The Balaban J connectivity index is 2.03. The molecule has 0 aliphatic rings. The zero-order valence-electron chi connectivity index (χ0n) is 8.68. The van der Waals surface area contributed by atoms with E-state index in [-0.39, 0.29) is 0 Å². The first-order valence-corrected chi connectivity index (χ1v) is 4.93. The van der Waals surface area contributed by atoms with Crippen molar-refractivity contribution in [2.24, 2.45) is 0 Å². The number of nitrogens with two attached hydrogens (primary N) is 1. The van der Waals surface area contributed by atoms with Crippen LogP contribution in [0.2, 0.25) is 0 Å². The second kappa shape index (κ2) is 4.90. The van der Waals surface area contributed by atoms with Crippen LogP contribution in [0.5, 0.6) is 5.75 Å². The number of benzene rings is 2. The second-order valence-corrected chi connectivity index (χ2v) is 3.26. The minimum Gasteiger partial charge on any atom is -0.407 e. The van der Waals surface area contributed by atoms with E-state index < -0.39 is 0 Å². The Kier molecular flexibility index (Phi) is 3.10. The van der Waals surface area contributed by atoms with Crippen molar-refractivity contribution in [3.8, 4) is 17.8 Å². The van der Waals surface area contributed by atoms with Gasteiger partial charge < -0.3 is 10.5 Å². The highest BCUT2D eigenvalue weighted by molar-refractivity contribution is 5.42. The Bertz CT molecular complexity index is 506. The molecule has 0 heterocycles. The van der Waals surface area contributed by atoms with Gasteiger partial charge in [-0.15, -0.1) is 0 Å². The molecule has 0 aliphatic heterocycles. The molecule has 2 rings (SSSR count). The van der Waals surface area contributed by atoms with E-state index in [0.717, 1.165) is 5.56 Å². The number of ether oxygens (including phenoxy) is 1. The summed E-state index contributed by atoms with van der Waals surface area (Å²) in [5, 5.41) is 0. The Hall–Kier alpha value is -2.40. The summed E-state index contributed by atoms with van der Waals surface area (Å²) in [6.07, 6.45) is 2.65. The van der Waals surface area contributed by atoms with Crippen LogP contribution in [0.15, 0.2) is 54.6 Å². The zero-order valence-corrected chi connectivity index (χ0v) is 8.68. The summed E-state index contributed by atoms with van der Waals surface area (Å²) < 4.78 is 5.25. The molecule has 2 aromatic rings. The summed E-state index contributed by atoms with van der Waals surface area (Å²) in [6, 6.07) is 16.8. The van der Waals surface area contributed by atoms with Gasteiger partial charge in [-0.05, 0) is 42.3 Å². The van der Waals surface area contributed by atoms with Crippen molar-refractivity contribution >= 4 is 5.69 Å². The topological polar surface area (TPSA) is 35.2 Å². The third-order valence-electron chi connectivity index (χ3n) is 2.02. The van der Waals surface area contributed by atoms with Gasteiger partial charge in [-0.25, -0.2) is 0 Å². The second-order valence-electron chi connectivity index (χ2n) is 3.26. The van der Waals surface area contributed by atoms with Gasteiger partial charge in [0.1, 0.15) is 11.9 Å². The fourth-order valence-corrected chi connectivity index (χ4v) is 1.20. The number of anilines is 1. The first-order chi connectivity index (χ1) is 7.84. The van der Waals surface area contributed by atoms with Crippen LogP contribution in [0.25, 0.3) is 0 Å². The lowest BCUT2D eigenvalue weighted by Crippen LogP contribution is -1.86. The molecule has 2 N–H and O–H groups in total. The fourth-order valence-electron chi connectivity index (χ4n) is 1.20. The average Bonchev–Trinajstić information content (AvgIpc) is 2.33. The Morgan fingerprint density at radius 1 is 0.875 bits per heavy atom. The molecule has 2 heteroatoms. The van der Waals surface area contributed by atoms with Crippen molar-refractivity contribution in [3.63, 3.8) is 0 Å². The van der Waals surface area contributed by atoms with Crippen molar-refractivity contribution < 1.29 is 4.74 Å². The Labute approximate surface area is 94.7 Å². The van der Waals surface area contributed by atoms with Crippen LogP contribution in [0, 0.1) is 12.0 Å². The van der Waals surface area contributed by atoms with Gasteiger partial charge in [-0.3, -0.25) is 0 Å². The van der Waals surface area contributed by atoms with E-state index in [0.29, 0.717) is 11.4 Å². The molecule has 0 saturated carbocycles. The SMILES string of the molecule is Nc1ccc(OC#Cc2ccccc2)cc1. The van der Waals surface area contributed by atoms with E-state index in [1.54, 1.807) is 24.3 Å². The summed E-state index contributed by atoms with van der Waals surface area (Å²) in [7, 11) is 0. The zero-order chi connectivity index (χ0) is 11.2. The van der Waals surface area contributed by atoms with Gasteiger partial charge in [0.25, 0.3) is 0 Å². The largest absolute Gasteiger partial charge is 0.407 e. The highest BCUT2D eigenvalue weighted by Crippen LogP contribution is 2.12. The maximum atomic E-state index is 5.55. The van der Waals surface area contributed by atoms with Crippen molar-refractivity contribution in [1.29, 1.82) is 0 Å². The highest BCUT2D eigenvalue weighted by atomic mass is 16.5. The van der Waals surface area contributed by atoms with Crippen molar-refractivity contribution in [3.05, 3.63) is 60.2 Å². The quantitative estimate of drug-likeness (QED) is 0.579. The maximum Gasteiger partial charge on any atom is 0.140 e. The van der Waals surface area contributed by atoms with Crippen LogP contribution < -0.4 is 10.5 Å². The molecule has 0 spiro atoms. The first-order valence-electron chi connectivity index (χ1n) is 4.93. The van der Waals surface area contributed by atoms with E-state index in [9.17, 15) is 0 Å². The fraction of sp³-hybridized carbons (Fsp3) is 0. The molecule has 0 unspecified atom stereocenters. The summed E-state index contributed by atoms with van der Waals surface area (Å²) in [6.45, 7) is 0. The first kappa shape index (κ1) is 10.1. The van der Waals surface area contributed by atoms with E-state index in [2.05, 4.69) is 12.0 Å². The van der Waals surface area contributed by atoms with Crippen LogP contribution in [-0.4, -0.2) is 0 Å². The minimum absolute atomic E-state index is 0.692. The van der Waals surface area contributed by atoms with Crippen LogP contribution in [0.3, 0.4) is 0 Å². The standard InChI is InChI=1S/C14H11NO/c15-13-6-8-14(9-7-13)16-11-10-12-4-2-1-3-5-12/h1-9H,15H2. The molecule has 0 amide bonds. The van der Waals surface area contributed by atoms with Crippen LogP contribution >= 0.6 is 0 Å². The molecular weight excluding hydrogens is 198 g/mol. The van der Waals surface area contributed by atoms with Gasteiger partial charge in [-0.2, -0.15) is 0 Å². The third kappa shape index (κ3) is 2.79. The number of hydrogen-bond donors (Lipinski definition) is 1. The van der Waals surface area contributed by atoms with Gasteiger partial charge in [0, 0.05) is 11.3 Å². The molecule has 0 atom stereocenters. The number of rotatable bonds is 1. The normalized spacial score (nSPS) is 9.00. The van der Waals surface area contributed by atoms with E-state index >= 15 is 0 Å². The molecule has 0 fully saturated rings. The monoisotopic (exact) mass is 209 g/mol. The molecule has 2 nitrogen and oxygen atoms in total. The van der Waals surface area contributed by atoms with Crippen molar-refractivity contribution in [2.75, 3.05) is 5.73 Å². The van der Waals surface area contributed by atoms with Gasteiger partial charge in [0.2, 0.25) is 0 Å². The van der Waals surface area contributed by atoms with Gasteiger partial charge >= 0.3 is 0 Å².